The molecule has 2 fully saturated rings. The lowest BCUT2D eigenvalue weighted by molar-refractivity contribution is -0.131. The van der Waals surface area contributed by atoms with Gasteiger partial charge in [-0.2, -0.15) is 0 Å². The second kappa shape index (κ2) is 6.53. The van der Waals surface area contributed by atoms with Gasteiger partial charge in [-0.3, -0.25) is 9.69 Å². The molecule has 4 nitrogen and oxygen atoms in total. The van der Waals surface area contributed by atoms with Crippen molar-refractivity contribution in [1.82, 2.24) is 15.1 Å². The Bertz CT molecular complexity index is 274. The molecule has 1 amide bonds. The van der Waals surface area contributed by atoms with Gasteiger partial charge in [0.25, 0.3) is 0 Å². The average Bonchev–Trinajstić information content (AvgIpc) is 2.40. The van der Waals surface area contributed by atoms with Crippen molar-refractivity contribution >= 4 is 5.91 Å². The van der Waals surface area contributed by atoms with Crippen LogP contribution in [0.15, 0.2) is 0 Å². The summed E-state index contributed by atoms with van der Waals surface area (Å²) in [7, 11) is 3.71. The summed E-state index contributed by atoms with van der Waals surface area (Å²) in [5, 5.41) is 3.43. The van der Waals surface area contributed by atoms with Crippen LogP contribution in [0.4, 0.5) is 0 Å². The van der Waals surface area contributed by atoms with E-state index in [0.717, 1.165) is 25.6 Å². The average molecular weight is 253 g/mol. The van der Waals surface area contributed by atoms with E-state index in [9.17, 15) is 4.79 Å². The quantitative estimate of drug-likeness (QED) is 0.813. The van der Waals surface area contributed by atoms with Crippen molar-refractivity contribution in [2.45, 2.75) is 38.1 Å². The molecule has 1 atom stereocenters. The molecule has 0 aromatic carbocycles. The van der Waals surface area contributed by atoms with Crippen LogP contribution in [0, 0.1) is 5.92 Å². The smallest absolute Gasteiger partial charge is 0.236 e. The third kappa shape index (κ3) is 3.45. The minimum absolute atomic E-state index is 0.246. The predicted molar refractivity (Wildman–Crippen MR) is 73.5 cm³/mol. The van der Waals surface area contributed by atoms with Gasteiger partial charge in [0.05, 0.1) is 6.54 Å². The number of carbonyl (C=O) groups excluding carboxylic acids is 1. The van der Waals surface area contributed by atoms with Crippen molar-refractivity contribution in [3.63, 3.8) is 0 Å². The number of rotatable bonds is 3. The number of nitrogens with zero attached hydrogens (tertiary/aromatic N) is 2. The van der Waals surface area contributed by atoms with E-state index in [4.69, 9.17) is 0 Å². The molecule has 18 heavy (non-hydrogen) atoms. The van der Waals surface area contributed by atoms with Crippen molar-refractivity contribution in [3.8, 4) is 0 Å². The van der Waals surface area contributed by atoms with Gasteiger partial charge in [-0.15, -0.1) is 0 Å². The molecule has 104 valence electrons. The van der Waals surface area contributed by atoms with E-state index < -0.39 is 0 Å². The van der Waals surface area contributed by atoms with E-state index in [1.165, 1.54) is 32.1 Å². The monoisotopic (exact) mass is 253 g/mol. The molecule has 1 N–H and O–H groups in total. The van der Waals surface area contributed by atoms with E-state index in [1.807, 2.05) is 14.1 Å². The Balaban J connectivity index is 1.94. The fourth-order valence-corrected chi connectivity index (χ4v) is 3.29. The molecule has 2 aliphatic rings. The molecule has 0 spiro atoms. The maximum atomic E-state index is 11.9. The molecule has 4 heteroatoms. The topological polar surface area (TPSA) is 35.6 Å². The minimum Gasteiger partial charge on any atom is -0.348 e. The summed E-state index contributed by atoms with van der Waals surface area (Å²) in [5.41, 5.74) is 0. The van der Waals surface area contributed by atoms with Crippen LogP contribution in [0.2, 0.25) is 0 Å². The van der Waals surface area contributed by atoms with Crippen molar-refractivity contribution in [1.29, 1.82) is 0 Å². The number of hydrogen-bond donors (Lipinski definition) is 1. The molecule has 0 aromatic heterocycles. The van der Waals surface area contributed by atoms with Crippen LogP contribution in [0.1, 0.15) is 32.1 Å². The zero-order valence-electron chi connectivity index (χ0n) is 11.8. The maximum absolute atomic E-state index is 11.9. The number of amides is 1. The van der Waals surface area contributed by atoms with E-state index in [-0.39, 0.29) is 5.91 Å². The zero-order chi connectivity index (χ0) is 13.0. The first kappa shape index (κ1) is 13.8. The summed E-state index contributed by atoms with van der Waals surface area (Å²) in [6.07, 6.45) is 6.42. The van der Waals surface area contributed by atoms with Gasteiger partial charge in [0, 0.05) is 20.1 Å². The summed E-state index contributed by atoms with van der Waals surface area (Å²) in [4.78, 5) is 16.1. The summed E-state index contributed by atoms with van der Waals surface area (Å²) in [6, 6.07) is 0.643. The largest absolute Gasteiger partial charge is 0.348 e. The number of carbonyl (C=O) groups is 1. The van der Waals surface area contributed by atoms with Crippen LogP contribution in [0.5, 0.6) is 0 Å². The second-order valence-corrected chi connectivity index (χ2v) is 5.91. The van der Waals surface area contributed by atoms with E-state index in [1.54, 1.807) is 4.90 Å². The highest BCUT2D eigenvalue weighted by Gasteiger charge is 2.31. The Morgan fingerprint density at radius 3 is 2.61 bits per heavy atom. The standard InChI is InChI=1S/C14H27N3O/c1-16(2)14(18)11-17-10-4-3-5-13(17)12-6-8-15-9-7-12/h12-13,15H,3-11H2,1-2H3/t13-/m0/s1. The summed E-state index contributed by atoms with van der Waals surface area (Å²) >= 11 is 0. The number of nitrogens with one attached hydrogen (secondary N) is 1. The Morgan fingerprint density at radius 1 is 1.22 bits per heavy atom. The molecule has 2 saturated heterocycles. The fourth-order valence-electron chi connectivity index (χ4n) is 3.29. The number of piperidine rings is 2. The lowest BCUT2D eigenvalue weighted by Gasteiger charge is -2.42. The molecule has 2 heterocycles. The van der Waals surface area contributed by atoms with Gasteiger partial charge < -0.3 is 10.2 Å². The van der Waals surface area contributed by atoms with Gasteiger partial charge in [-0.1, -0.05) is 6.42 Å². The fraction of sp³-hybridized carbons (Fsp3) is 0.929. The SMILES string of the molecule is CN(C)C(=O)CN1CCCC[C@H]1C1CCNCC1. The van der Waals surface area contributed by atoms with E-state index in [2.05, 4.69) is 10.2 Å². The molecule has 2 rings (SSSR count). The molecule has 0 bridgehead atoms. The highest BCUT2D eigenvalue weighted by molar-refractivity contribution is 5.77. The van der Waals surface area contributed by atoms with Crippen molar-refractivity contribution < 1.29 is 4.79 Å². The van der Waals surface area contributed by atoms with Crippen LogP contribution in [-0.2, 0) is 4.79 Å². The Kier molecular flexibility index (Phi) is 5.01. The Labute approximate surface area is 111 Å². The first-order chi connectivity index (χ1) is 8.68. The molecule has 0 aliphatic carbocycles. The minimum atomic E-state index is 0.246. The predicted octanol–water partition coefficient (Wildman–Crippen LogP) is 0.929. The van der Waals surface area contributed by atoms with Crippen LogP contribution in [0.3, 0.4) is 0 Å². The van der Waals surface area contributed by atoms with Crippen LogP contribution >= 0.6 is 0 Å². The van der Waals surface area contributed by atoms with Crippen LogP contribution in [0.25, 0.3) is 0 Å². The lowest BCUT2D eigenvalue weighted by atomic mass is 9.84. The van der Waals surface area contributed by atoms with Crippen LogP contribution in [-0.4, -0.2) is 62.0 Å². The maximum Gasteiger partial charge on any atom is 0.236 e. The van der Waals surface area contributed by atoms with Crippen LogP contribution < -0.4 is 5.32 Å². The van der Waals surface area contributed by atoms with E-state index in [0.29, 0.717) is 12.6 Å². The summed E-state index contributed by atoms with van der Waals surface area (Å²) < 4.78 is 0. The van der Waals surface area contributed by atoms with Gasteiger partial charge >= 0.3 is 0 Å². The number of likely N-dealkylation sites (N-methyl/N-ethyl adjacent to an activating group) is 1. The van der Waals surface area contributed by atoms with Gasteiger partial charge in [0.2, 0.25) is 5.91 Å². The van der Waals surface area contributed by atoms with Crippen molar-refractivity contribution in [2.75, 3.05) is 40.3 Å². The van der Waals surface area contributed by atoms with Gasteiger partial charge in [0.1, 0.15) is 0 Å². The van der Waals surface area contributed by atoms with Gasteiger partial charge in [-0.25, -0.2) is 0 Å². The number of hydrogen-bond acceptors (Lipinski definition) is 3. The third-order valence-corrected chi connectivity index (χ3v) is 4.43. The molecular formula is C14H27N3O. The van der Waals surface area contributed by atoms with E-state index >= 15 is 0 Å². The molecule has 0 saturated carbocycles. The Hall–Kier alpha value is -0.610. The zero-order valence-corrected chi connectivity index (χ0v) is 11.8. The van der Waals surface area contributed by atoms with Crippen molar-refractivity contribution in [3.05, 3.63) is 0 Å². The highest BCUT2D eigenvalue weighted by atomic mass is 16.2. The third-order valence-electron chi connectivity index (χ3n) is 4.43. The van der Waals surface area contributed by atoms with Gasteiger partial charge in [-0.05, 0) is 51.2 Å². The lowest BCUT2D eigenvalue weighted by Crippen LogP contribution is -2.50. The molecular weight excluding hydrogens is 226 g/mol. The summed E-state index contributed by atoms with van der Waals surface area (Å²) in [6.45, 7) is 4.02. The van der Waals surface area contributed by atoms with Gasteiger partial charge in [0.15, 0.2) is 0 Å². The summed E-state index contributed by atoms with van der Waals surface area (Å²) in [5.74, 6) is 1.04. The number of likely N-dealkylation sites (tertiary alicyclic amines) is 1. The normalized spacial score (nSPS) is 27.1. The molecule has 0 aromatic rings. The highest BCUT2D eigenvalue weighted by Crippen LogP contribution is 2.28. The Morgan fingerprint density at radius 2 is 1.94 bits per heavy atom. The first-order valence-corrected chi connectivity index (χ1v) is 7.33. The second-order valence-electron chi connectivity index (χ2n) is 5.91. The molecule has 2 aliphatic heterocycles. The molecule has 0 radical (unpaired) electrons. The molecule has 0 unspecified atom stereocenters. The first-order valence-electron chi connectivity index (χ1n) is 7.33. The van der Waals surface area contributed by atoms with Crippen molar-refractivity contribution in [2.24, 2.45) is 5.92 Å².